The monoisotopic (exact) mass is 156 g/mol. The summed E-state index contributed by atoms with van der Waals surface area (Å²) in [5.41, 5.74) is 2.85. The van der Waals surface area contributed by atoms with E-state index in [1.165, 1.54) is 11.1 Å². The molecule has 0 saturated carbocycles. The van der Waals surface area contributed by atoms with Gasteiger partial charge in [-0.25, -0.2) is 5.43 Å². The molecule has 11 heavy (non-hydrogen) atoms. The molecule has 62 valence electrons. The van der Waals surface area contributed by atoms with E-state index < -0.39 is 0 Å². The molecule has 4 heteroatoms. The van der Waals surface area contributed by atoms with Crippen molar-refractivity contribution in [3.05, 3.63) is 12.2 Å². The third-order valence-electron chi connectivity index (χ3n) is 1.57. The molecule has 1 aliphatic rings. The zero-order valence-corrected chi connectivity index (χ0v) is 6.45. The van der Waals surface area contributed by atoms with Crippen molar-refractivity contribution >= 4 is 5.91 Å². The number of rotatable bonds is 2. The van der Waals surface area contributed by atoms with E-state index >= 15 is 0 Å². The van der Waals surface area contributed by atoms with Gasteiger partial charge in [-0.1, -0.05) is 6.08 Å². The highest BCUT2D eigenvalue weighted by molar-refractivity contribution is 5.88. The maximum atomic E-state index is 11.0. The Kier molecular flexibility index (Phi) is 2.62. The summed E-state index contributed by atoms with van der Waals surface area (Å²) >= 11 is 0. The Labute approximate surface area is 65.5 Å². The molecule has 0 aromatic carbocycles. The second kappa shape index (κ2) is 3.50. The van der Waals surface area contributed by atoms with Gasteiger partial charge in [0, 0.05) is 12.6 Å². The van der Waals surface area contributed by atoms with Gasteiger partial charge < -0.3 is 5.11 Å². The standard InChI is InChI=1S/C7H12N2O2/c1-2-9-7(11)4-3-6(5-10)8-9/h3-4,6,8,10H,2,5H2,1H3. The number of amides is 1. The number of aliphatic hydroxyl groups is 1. The third kappa shape index (κ3) is 1.78. The van der Waals surface area contributed by atoms with E-state index in [1.807, 2.05) is 6.92 Å². The first-order valence-corrected chi connectivity index (χ1v) is 3.64. The van der Waals surface area contributed by atoms with E-state index in [-0.39, 0.29) is 18.6 Å². The van der Waals surface area contributed by atoms with Gasteiger partial charge in [0.05, 0.1) is 12.6 Å². The molecule has 2 N–H and O–H groups in total. The second-order valence-electron chi connectivity index (χ2n) is 2.36. The van der Waals surface area contributed by atoms with Crippen molar-refractivity contribution in [3.63, 3.8) is 0 Å². The molecule has 1 atom stereocenters. The Morgan fingerprint density at radius 2 is 2.55 bits per heavy atom. The van der Waals surface area contributed by atoms with Gasteiger partial charge in [-0.2, -0.15) is 0 Å². The number of aliphatic hydroxyl groups excluding tert-OH is 1. The summed E-state index contributed by atoms with van der Waals surface area (Å²) < 4.78 is 0. The van der Waals surface area contributed by atoms with Crippen LogP contribution in [0.1, 0.15) is 6.92 Å². The van der Waals surface area contributed by atoms with Gasteiger partial charge in [0.15, 0.2) is 0 Å². The van der Waals surface area contributed by atoms with E-state index in [9.17, 15) is 4.79 Å². The summed E-state index contributed by atoms with van der Waals surface area (Å²) in [5, 5.41) is 10.2. The number of nitrogens with one attached hydrogen (secondary N) is 1. The number of hydrazine groups is 1. The minimum absolute atomic E-state index is 0.0142. The van der Waals surface area contributed by atoms with Crippen molar-refractivity contribution < 1.29 is 9.90 Å². The van der Waals surface area contributed by atoms with Crippen LogP contribution < -0.4 is 5.43 Å². The summed E-state index contributed by atoms with van der Waals surface area (Å²) in [4.78, 5) is 11.0. The van der Waals surface area contributed by atoms with Crippen molar-refractivity contribution in [2.45, 2.75) is 13.0 Å². The molecular weight excluding hydrogens is 144 g/mol. The Morgan fingerprint density at radius 1 is 1.82 bits per heavy atom. The molecule has 4 nitrogen and oxygen atoms in total. The van der Waals surface area contributed by atoms with Gasteiger partial charge in [-0.05, 0) is 6.92 Å². The van der Waals surface area contributed by atoms with E-state index in [4.69, 9.17) is 5.11 Å². The van der Waals surface area contributed by atoms with Crippen LogP contribution in [0.25, 0.3) is 0 Å². The lowest BCUT2D eigenvalue weighted by Crippen LogP contribution is -2.50. The molecule has 0 aromatic rings. The van der Waals surface area contributed by atoms with Crippen molar-refractivity contribution in [1.29, 1.82) is 0 Å². The van der Waals surface area contributed by atoms with E-state index in [0.717, 1.165) is 0 Å². The normalized spacial score (nSPS) is 24.4. The minimum atomic E-state index is -0.118. The minimum Gasteiger partial charge on any atom is -0.394 e. The van der Waals surface area contributed by atoms with Crippen molar-refractivity contribution in [1.82, 2.24) is 10.4 Å². The highest BCUT2D eigenvalue weighted by atomic mass is 16.3. The molecule has 1 unspecified atom stereocenters. The maximum Gasteiger partial charge on any atom is 0.260 e. The van der Waals surface area contributed by atoms with Gasteiger partial charge in [-0.15, -0.1) is 0 Å². The molecule has 0 saturated heterocycles. The lowest BCUT2D eigenvalue weighted by molar-refractivity contribution is -0.130. The summed E-state index contributed by atoms with van der Waals surface area (Å²) in [7, 11) is 0. The molecule has 0 fully saturated rings. The molecule has 0 aromatic heterocycles. The van der Waals surface area contributed by atoms with Crippen molar-refractivity contribution in [2.75, 3.05) is 13.2 Å². The van der Waals surface area contributed by atoms with Gasteiger partial charge in [0.1, 0.15) is 0 Å². The number of carbonyl (C=O) groups is 1. The zero-order valence-electron chi connectivity index (χ0n) is 6.45. The predicted octanol–water partition coefficient (Wildman–Crippen LogP) is -0.730. The zero-order chi connectivity index (χ0) is 8.27. The van der Waals surface area contributed by atoms with Gasteiger partial charge in [-0.3, -0.25) is 9.80 Å². The number of hydrogen-bond acceptors (Lipinski definition) is 3. The summed E-state index contributed by atoms with van der Waals surface area (Å²) in [6.07, 6.45) is 3.13. The Balaban J connectivity index is 2.59. The average molecular weight is 156 g/mol. The maximum absolute atomic E-state index is 11.0. The largest absolute Gasteiger partial charge is 0.394 e. The van der Waals surface area contributed by atoms with Crippen LogP contribution in [-0.4, -0.2) is 35.2 Å². The van der Waals surface area contributed by atoms with Gasteiger partial charge in [0.2, 0.25) is 0 Å². The van der Waals surface area contributed by atoms with Crippen LogP contribution in [0.3, 0.4) is 0 Å². The molecule has 0 aliphatic carbocycles. The van der Waals surface area contributed by atoms with Crippen LogP contribution in [0.15, 0.2) is 12.2 Å². The Morgan fingerprint density at radius 3 is 3.09 bits per heavy atom. The number of nitrogens with zero attached hydrogens (tertiary/aromatic N) is 1. The molecule has 1 aliphatic heterocycles. The number of hydrogen-bond donors (Lipinski definition) is 2. The fourth-order valence-electron chi connectivity index (χ4n) is 0.944. The van der Waals surface area contributed by atoms with Crippen molar-refractivity contribution in [2.24, 2.45) is 0 Å². The van der Waals surface area contributed by atoms with Crippen LogP contribution in [-0.2, 0) is 4.79 Å². The van der Waals surface area contributed by atoms with Crippen LogP contribution in [0, 0.1) is 0 Å². The highest BCUT2D eigenvalue weighted by Gasteiger charge is 2.17. The summed E-state index contributed by atoms with van der Waals surface area (Å²) in [6, 6.07) is -0.118. The predicted molar refractivity (Wildman–Crippen MR) is 40.5 cm³/mol. The first-order valence-electron chi connectivity index (χ1n) is 3.64. The third-order valence-corrected chi connectivity index (χ3v) is 1.57. The Bertz CT molecular complexity index is 179. The number of likely N-dealkylation sites (N-methyl/N-ethyl adjacent to an activating group) is 1. The van der Waals surface area contributed by atoms with E-state index in [2.05, 4.69) is 5.43 Å². The lowest BCUT2D eigenvalue weighted by atomic mass is 10.2. The van der Waals surface area contributed by atoms with Crippen LogP contribution in [0.5, 0.6) is 0 Å². The first-order chi connectivity index (χ1) is 5.27. The average Bonchev–Trinajstić information content (AvgIpc) is 2.05. The summed E-state index contributed by atoms with van der Waals surface area (Å²) in [6.45, 7) is 2.50. The van der Waals surface area contributed by atoms with Crippen LogP contribution in [0.2, 0.25) is 0 Å². The fraction of sp³-hybridized carbons (Fsp3) is 0.571. The van der Waals surface area contributed by atoms with Crippen LogP contribution in [0.4, 0.5) is 0 Å². The van der Waals surface area contributed by atoms with E-state index in [0.29, 0.717) is 6.54 Å². The summed E-state index contributed by atoms with van der Waals surface area (Å²) in [5.74, 6) is -0.0581. The fourth-order valence-corrected chi connectivity index (χ4v) is 0.944. The molecular formula is C7H12N2O2. The topological polar surface area (TPSA) is 52.6 Å². The molecule has 1 amide bonds. The van der Waals surface area contributed by atoms with Gasteiger partial charge >= 0.3 is 0 Å². The molecule has 0 spiro atoms. The SMILES string of the molecule is CCN1NC(CO)C=CC1=O. The van der Waals surface area contributed by atoms with E-state index in [1.54, 1.807) is 6.08 Å². The molecule has 1 rings (SSSR count). The smallest absolute Gasteiger partial charge is 0.260 e. The number of carbonyl (C=O) groups excluding carboxylic acids is 1. The first kappa shape index (κ1) is 8.23. The molecule has 0 bridgehead atoms. The van der Waals surface area contributed by atoms with Crippen molar-refractivity contribution in [3.8, 4) is 0 Å². The highest BCUT2D eigenvalue weighted by Crippen LogP contribution is 1.98. The quantitative estimate of drug-likeness (QED) is 0.554. The second-order valence-corrected chi connectivity index (χ2v) is 2.36. The van der Waals surface area contributed by atoms with Gasteiger partial charge in [0.25, 0.3) is 5.91 Å². The molecule has 0 radical (unpaired) electrons. The lowest BCUT2D eigenvalue weighted by Gasteiger charge is -2.27. The van der Waals surface area contributed by atoms with Crippen LogP contribution >= 0.6 is 0 Å². The Hall–Kier alpha value is -0.870. The molecule has 1 heterocycles.